The van der Waals surface area contributed by atoms with Crippen LogP contribution in [0.15, 0.2) is 12.2 Å². The molecule has 1 heterocycles. The van der Waals surface area contributed by atoms with E-state index in [9.17, 15) is 5.11 Å². The minimum Gasteiger partial charge on any atom is -0.384 e. The van der Waals surface area contributed by atoms with E-state index < -0.39 is 12.4 Å². The highest BCUT2D eigenvalue weighted by molar-refractivity contribution is 5.00. The Bertz CT molecular complexity index is 149. The lowest BCUT2D eigenvalue weighted by molar-refractivity contribution is -0.188. The predicted molar refractivity (Wildman–Crippen MR) is 39.9 cm³/mol. The van der Waals surface area contributed by atoms with E-state index in [1.165, 1.54) is 7.11 Å². The molecule has 3 N–H and O–H groups in total. The van der Waals surface area contributed by atoms with E-state index in [4.69, 9.17) is 15.2 Å². The molecule has 4 heteroatoms. The molecule has 0 amide bonds. The average Bonchev–Trinajstić information content (AvgIpc) is 2.05. The van der Waals surface area contributed by atoms with E-state index >= 15 is 0 Å². The Morgan fingerprint density at radius 3 is 2.91 bits per heavy atom. The van der Waals surface area contributed by atoms with Crippen molar-refractivity contribution in [2.45, 2.75) is 18.5 Å². The summed E-state index contributed by atoms with van der Waals surface area (Å²) in [5.74, 6) is 0. The van der Waals surface area contributed by atoms with Crippen LogP contribution in [0.5, 0.6) is 0 Å². The molecule has 0 aromatic rings. The minimum atomic E-state index is -0.678. The van der Waals surface area contributed by atoms with Gasteiger partial charge in [0.1, 0.15) is 6.10 Å². The molecule has 3 atom stereocenters. The van der Waals surface area contributed by atoms with Gasteiger partial charge < -0.3 is 20.3 Å². The van der Waals surface area contributed by atoms with E-state index in [1.54, 1.807) is 12.2 Å². The molecule has 0 fully saturated rings. The molecule has 1 aliphatic rings. The number of aliphatic hydroxyl groups is 1. The van der Waals surface area contributed by atoms with Gasteiger partial charge in [-0.2, -0.15) is 0 Å². The summed E-state index contributed by atoms with van der Waals surface area (Å²) in [4.78, 5) is 0. The number of aliphatic hydroxyl groups excluding tert-OH is 1. The lowest BCUT2D eigenvalue weighted by Crippen LogP contribution is -2.39. The van der Waals surface area contributed by atoms with Crippen molar-refractivity contribution in [2.75, 3.05) is 13.7 Å². The summed E-state index contributed by atoms with van der Waals surface area (Å²) in [7, 11) is 1.49. The van der Waals surface area contributed by atoms with Crippen molar-refractivity contribution in [2.24, 2.45) is 5.73 Å². The zero-order chi connectivity index (χ0) is 8.27. The van der Waals surface area contributed by atoms with Crippen LogP contribution in [-0.4, -0.2) is 37.3 Å². The van der Waals surface area contributed by atoms with Gasteiger partial charge >= 0.3 is 0 Å². The lowest BCUT2D eigenvalue weighted by atomic mass is 10.2. The largest absolute Gasteiger partial charge is 0.384 e. The van der Waals surface area contributed by atoms with Crippen LogP contribution in [-0.2, 0) is 9.47 Å². The molecule has 4 nitrogen and oxygen atoms in total. The van der Waals surface area contributed by atoms with E-state index in [0.29, 0.717) is 6.54 Å². The van der Waals surface area contributed by atoms with Crippen LogP contribution in [0.4, 0.5) is 0 Å². The first-order chi connectivity index (χ1) is 5.27. The average molecular weight is 159 g/mol. The van der Waals surface area contributed by atoms with Crippen LogP contribution >= 0.6 is 0 Å². The second-order valence-corrected chi connectivity index (χ2v) is 2.39. The summed E-state index contributed by atoms with van der Waals surface area (Å²) in [6, 6.07) is 0. The fourth-order valence-electron chi connectivity index (χ4n) is 0.956. The molecule has 11 heavy (non-hydrogen) atoms. The third-order valence-corrected chi connectivity index (χ3v) is 1.58. The number of hydrogen-bond acceptors (Lipinski definition) is 4. The van der Waals surface area contributed by atoms with Gasteiger partial charge in [-0.05, 0) is 0 Å². The van der Waals surface area contributed by atoms with Crippen molar-refractivity contribution < 1.29 is 14.6 Å². The fraction of sp³-hybridized carbons (Fsp3) is 0.714. The topological polar surface area (TPSA) is 64.7 Å². The summed E-state index contributed by atoms with van der Waals surface area (Å²) >= 11 is 0. The monoisotopic (exact) mass is 159 g/mol. The van der Waals surface area contributed by atoms with Crippen molar-refractivity contribution in [1.29, 1.82) is 0 Å². The molecule has 64 valence electrons. The smallest absolute Gasteiger partial charge is 0.187 e. The second-order valence-electron chi connectivity index (χ2n) is 2.39. The van der Waals surface area contributed by atoms with E-state index in [1.807, 2.05) is 0 Å². The molecule has 0 saturated heterocycles. The van der Waals surface area contributed by atoms with Crippen LogP contribution in [0.25, 0.3) is 0 Å². The van der Waals surface area contributed by atoms with Crippen molar-refractivity contribution in [1.82, 2.24) is 0 Å². The normalized spacial score (nSPS) is 37.5. The molecule has 0 aliphatic carbocycles. The SMILES string of the molecule is CO[C@@H]1O[C@@H](CN)C=C[C@@H]1O. The van der Waals surface area contributed by atoms with Gasteiger partial charge in [0.05, 0.1) is 6.10 Å². The summed E-state index contributed by atoms with van der Waals surface area (Å²) in [6.45, 7) is 0.406. The lowest BCUT2D eigenvalue weighted by Gasteiger charge is -2.27. The van der Waals surface area contributed by atoms with Crippen molar-refractivity contribution in [3.63, 3.8) is 0 Å². The maximum Gasteiger partial charge on any atom is 0.187 e. The van der Waals surface area contributed by atoms with Crippen molar-refractivity contribution in [3.8, 4) is 0 Å². The second kappa shape index (κ2) is 3.82. The Morgan fingerprint density at radius 1 is 1.64 bits per heavy atom. The Labute approximate surface area is 65.6 Å². The first-order valence-corrected chi connectivity index (χ1v) is 3.52. The van der Waals surface area contributed by atoms with Crippen LogP contribution in [0.2, 0.25) is 0 Å². The van der Waals surface area contributed by atoms with Gasteiger partial charge in [0.2, 0.25) is 0 Å². The van der Waals surface area contributed by atoms with E-state index in [2.05, 4.69) is 0 Å². The van der Waals surface area contributed by atoms with Gasteiger partial charge in [0, 0.05) is 13.7 Å². The molecule has 0 unspecified atom stereocenters. The molecule has 0 aromatic carbocycles. The number of methoxy groups -OCH3 is 1. The third kappa shape index (κ3) is 2.00. The highest BCUT2D eigenvalue weighted by Gasteiger charge is 2.23. The number of rotatable bonds is 2. The number of hydrogen-bond donors (Lipinski definition) is 2. The first kappa shape index (κ1) is 8.67. The Hall–Kier alpha value is -0.420. The molecule has 0 saturated carbocycles. The Balaban J connectivity index is 2.52. The molecule has 0 bridgehead atoms. The van der Waals surface area contributed by atoms with Crippen LogP contribution in [0.1, 0.15) is 0 Å². The molecule has 1 aliphatic heterocycles. The minimum absolute atomic E-state index is 0.136. The van der Waals surface area contributed by atoms with Crippen molar-refractivity contribution >= 4 is 0 Å². The van der Waals surface area contributed by atoms with Gasteiger partial charge in [-0.25, -0.2) is 0 Å². The van der Waals surface area contributed by atoms with Crippen LogP contribution in [0, 0.1) is 0 Å². The van der Waals surface area contributed by atoms with Gasteiger partial charge in [-0.1, -0.05) is 12.2 Å². The quantitative estimate of drug-likeness (QED) is 0.519. The summed E-state index contributed by atoms with van der Waals surface area (Å²) in [5, 5.41) is 9.20. The maximum atomic E-state index is 9.20. The number of nitrogens with two attached hydrogens (primary N) is 1. The molecular weight excluding hydrogens is 146 g/mol. The molecule has 0 radical (unpaired) electrons. The molecule has 0 aromatic heterocycles. The molecular formula is C7H13NO3. The van der Waals surface area contributed by atoms with Crippen molar-refractivity contribution in [3.05, 3.63) is 12.2 Å². The van der Waals surface area contributed by atoms with E-state index in [-0.39, 0.29) is 6.10 Å². The summed E-state index contributed by atoms with van der Waals surface area (Å²) in [5.41, 5.74) is 5.35. The first-order valence-electron chi connectivity index (χ1n) is 3.52. The highest BCUT2D eigenvalue weighted by atomic mass is 16.7. The number of ether oxygens (including phenoxy) is 2. The standard InChI is InChI=1S/C7H13NO3/c1-10-7-6(9)3-2-5(4-8)11-7/h2-3,5-7,9H,4,8H2,1H3/t5-,6+,7-/m1/s1. The predicted octanol–water partition coefficient (Wildman–Crippen LogP) is -0.767. The Kier molecular flexibility index (Phi) is 3.02. The van der Waals surface area contributed by atoms with Crippen LogP contribution < -0.4 is 5.73 Å². The van der Waals surface area contributed by atoms with Gasteiger partial charge in [0.15, 0.2) is 6.29 Å². The summed E-state index contributed by atoms with van der Waals surface area (Å²) in [6.07, 6.45) is 1.98. The zero-order valence-corrected chi connectivity index (χ0v) is 6.43. The third-order valence-electron chi connectivity index (χ3n) is 1.58. The molecule has 1 rings (SSSR count). The van der Waals surface area contributed by atoms with Gasteiger partial charge in [-0.3, -0.25) is 0 Å². The molecule has 0 spiro atoms. The maximum absolute atomic E-state index is 9.20. The van der Waals surface area contributed by atoms with Crippen LogP contribution in [0.3, 0.4) is 0 Å². The van der Waals surface area contributed by atoms with E-state index in [0.717, 1.165) is 0 Å². The summed E-state index contributed by atoms with van der Waals surface area (Å²) < 4.78 is 10.1. The zero-order valence-electron chi connectivity index (χ0n) is 6.43. The van der Waals surface area contributed by atoms with Gasteiger partial charge in [-0.15, -0.1) is 0 Å². The Morgan fingerprint density at radius 2 is 2.36 bits per heavy atom. The highest BCUT2D eigenvalue weighted by Crippen LogP contribution is 2.12. The van der Waals surface area contributed by atoms with Gasteiger partial charge in [0.25, 0.3) is 0 Å². The fourth-order valence-corrected chi connectivity index (χ4v) is 0.956.